The number of hydrogen-bond donors (Lipinski definition) is 3. The van der Waals surface area contributed by atoms with Crippen LogP contribution in [0.4, 0.5) is 4.79 Å². The number of nitrogens with one attached hydrogen (secondary N) is 2. The molecule has 8 nitrogen and oxygen atoms in total. The first kappa shape index (κ1) is 30.0. The average Bonchev–Trinajstić information content (AvgIpc) is 2.69. The number of hydrogen-bond acceptors (Lipinski definition) is 5. The van der Waals surface area contributed by atoms with Gasteiger partial charge in [-0.25, -0.2) is 4.79 Å². The van der Waals surface area contributed by atoms with Crippen LogP contribution in [0.5, 0.6) is 0 Å². The van der Waals surface area contributed by atoms with Crippen LogP contribution in [0.3, 0.4) is 0 Å². The molecule has 0 aliphatic carbocycles. The van der Waals surface area contributed by atoms with E-state index in [1.165, 1.54) is 4.90 Å². The molecule has 0 aliphatic heterocycles. The molecule has 0 saturated heterocycles. The molecule has 2 atom stereocenters. The predicted molar refractivity (Wildman–Crippen MR) is 136 cm³/mol. The van der Waals surface area contributed by atoms with E-state index < -0.39 is 41.1 Å². The average molecular weight is 488 g/mol. The number of alkyl carbamates (subject to hydrolysis) is 1. The fraction of sp³-hybridized carbons (Fsp3) is 0.593. The Morgan fingerprint density at radius 2 is 1.66 bits per heavy atom. The lowest BCUT2D eigenvalue weighted by molar-refractivity contribution is -0.144. The van der Waals surface area contributed by atoms with E-state index in [4.69, 9.17) is 11.2 Å². The van der Waals surface area contributed by atoms with Crippen molar-refractivity contribution >= 4 is 17.9 Å². The predicted octanol–water partition coefficient (Wildman–Crippen LogP) is 3.38. The molecular formula is C27H41N3O5. The Morgan fingerprint density at radius 3 is 2.09 bits per heavy atom. The van der Waals surface area contributed by atoms with Gasteiger partial charge in [-0.05, 0) is 71.6 Å². The molecule has 1 aromatic carbocycles. The van der Waals surface area contributed by atoms with Gasteiger partial charge in [0.2, 0.25) is 11.8 Å². The third kappa shape index (κ3) is 10.4. The number of aliphatic hydroxyl groups excluding tert-OH is 1. The van der Waals surface area contributed by atoms with Gasteiger partial charge in [-0.2, -0.15) is 0 Å². The van der Waals surface area contributed by atoms with Crippen molar-refractivity contribution in [3.8, 4) is 12.3 Å². The fourth-order valence-electron chi connectivity index (χ4n) is 3.49. The molecule has 0 bridgehead atoms. The molecule has 3 amide bonds. The van der Waals surface area contributed by atoms with Crippen LogP contribution in [-0.4, -0.2) is 58.2 Å². The normalized spacial score (nSPS) is 13.4. The van der Waals surface area contributed by atoms with E-state index in [2.05, 4.69) is 16.6 Å². The third-order valence-electron chi connectivity index (χ3n) is 4.77. The Morgan fingerprint density at radius 1 is 1.09 bits per heavy atom. The minimum Gasteiger partial charge on any atom is -0.444 e. The summed E-state index contributed by atoms with van der Waals surface area (Å²) in [5.74, 6) is 1.70. The maximum atomic E-state index is 13.8. The van der Waals surface area contributed by atoms with Crippen molar-refractivity contribution in [2.45, 2.75) is 85.0 Å². The zero-order chi connectivity index (χ0) is 27.0. The van der Waals surface area contributed by atoms with Gasteiger partial charge in [-0.3, -0.25) is 9.59 Å². The van der Waals surface area contributed by atoms with Gasteiger partial charge in [0.15, 0.2) is 0 Å². The number of nitrogens with zero attached hydrogens (tertiary/aromatic N) is 1. The number of ether oxygens (including phenoxy) is 1. The first-order chi connectivity index (χ1) is 16.1. The molecule has 8 heteroatoms. The highest BCUT2D eigenvalue weighted by Crippen LogP contribution is 2.25. The van der Waals surface area contributed by atoms with E-state index in [9.17, 15) is 19.5 Å². The molecule has 0 aromatic heterocycles. The summed E-state index contributed by atoms with van der Waals surface area (Å²) in [5, 5.41) is 15.4. The third-order valence-corrected chi connectivity index (χ3v) is 4.77. The van der Waals surface area contributed by atoms with Crippen LogP contribution in [0.1, 0.15) is 79.0 Å². The van der Waals surface area contributed by atoms with Crippen molar-refractivity contribution in [1.82, 2.24) is 15.5 Å². The first-order valence-corrected chi connectivity index (χ1v) is 11.9. The summed E-state index contributed by atoms with van der Waals surface area (Å²) < 4.78 is 5.36. The molecule has 1 rings (SSSR count). The Balaban J connectivity index is 3.47. The number of carbonyl (C=O) groups excluding carboxylic acids is 3. The quantitative estimate of drug-likeness (QED) is 0.463. The molecule has 1 aromatic rings. The van der Waals surface area contributed by atoms with E-state index in [0.717, 1.165) is 0 Å². The maximum Gasteiger partial charge on any atom is 0.408 e. The van der Waals surface area contributed by atoms with Crippen molar-refractivity contribution in [2.24, 2.45) is 5.92 Å². The topological polar surface area (TPSA) is 108 Å². The van der Waals surface area contributed by atoms with Gasteiger partial charge in [0, 0.05) is 17.6 Å². The second-order valence-corrected chi connectivity index (χ2v) is 11.0. The SMILES string of the molecule is C#Cc1ccc(C(C(=O)NC(C)(C)C)N(CCO)C(=O)C(CC(C)C)NC(=O)OC(C)(C)C)cc1. The van der Waals surface area contributed by atoms with Gasteiger partial charge < -0.3 is 25.4 Å². The molecule has 0 heterocycles. The molecule has 194 valence electrons. The van der Waals surface area contributed by atoms with Crippen LogP contribution in [-0.2, 0) is 14.3 Å². The first-order valence-electron chi connectivity index (χ1n) is 11.9. The zero-order valence-electron chi connectivity index (χ0n) is 22.3. The number of benzene rings is 1. The van der Waals surface area contributed by atoms with Crippen LogP contribution in [0.2, 0.25) is 0 Å². The molecule has 0 aliphatic rings. The second kappa shape index (κ2) is 12.6. The summed E-state index contributed by atoms with van der Waals surface area (Å²) in [6.45, 7) is 14.1. The number of aliphatic hydroxyl groups is 1. The van der Waals surface area contributed by atoms with E-state index in [0.29, 0.717) is 17.5 Å². The Labute approximate surface area is 209 Å². The molecule has 2 unspecified atom stereocenters. The molecule has 0 spiro atoms. The summed E-state index contributed by atoms with van der Waals surface area (Å²) in [4.78, 5) is 41.1. The minimum absolute atomic E-state index is 0.0617. The van der Waals surface area contributed by atoms with Crippen LogP contribution in [0.25, 0.3) is 0 Å². The summed E-state index contributed by atoms with van der Waals surface area (Å²) >= 11 is 0. The smallest absolute Gasteiger partial charge is 0.408 e. The van der Waals surface area contributed by atoms with E-state index in [1.54, 1.807) is 45.0 Å². The van der Waals surface area contributed by atoms with Gasteiger partial charge in [0.1, 0.15) is 17.7 Å². The summed E-state index contributed by atoms with van der Waals surface area (Å²) in [7, 11) is 0. The lowest BCUT2D eigenvalue weighted by Crippen LogP contribution is -2.55. The van der Waals surface area contributed by atoms with Gasteiger partial charge >= 0.3 is 6.09 Å². The molecule has 3 N–H and O–H groups in total. The fourth-order valence-corrected chi connectivity index (χ4v) is 3.49. The van der Waals surface area contributed by atoms with E-state index in [1.807, 2.05) is 34.6 Å². The van der Waals surface area contributed by atoms with Crippen LogP contribution >= 0.6 is 0 Å². The van der Waals surface area contributed by atoms with Crippen molar-refractivity contribution in [3.05, 3.63) is 35.4 Å². The van der Waals surface area contributed by atoms with Gasteiger partial charge in [-0.1, -0.05) is 31.9 Å². The highest BCUT2D eigenvalue weighted by atomic mass is 16.6. The van der Waals surface area contributed by atoms with Crippen molar-refractivity contribution < 1.29 is 24.2 Å². The number of carbonyl (C=O) groups is 3. The highest BCUT2D eigenvalue weighted by Gasteiger charge is 2.37. The Hall–Kier alpha value is -3.05. The van der Waals surface area contributed by atoms with Crippen molar-refractivity contribution in [1.29, 1.82) is 0 Å². The number of terminal acetylenes is 1. The van der Waals surface area contributed by atoms with Crippen LogP contribution < -0.4 is 10.6 Å². The minimum atomic E-state index is -1.05. The number of amides is 3. The largest absolute Gasteiger partial charge is 0.444 e. The molecule has 35 heavy (non-hydrogen) atoms. The second-order valence-electron chi connectivity index (χ2n) is 11.0. The molecule has 0 saturated carbocycles. The standard InChI is InChI=1S/C27H41N3O5/c1-10-19-11-13-20(14-12-19)22(23(32)29-26(4,5)6)30(15-16-31)24(33)21(17-18(2)3)28-25(34)35-27(7,8)9/h1,11-14,18,21-22,31H,15-17H2,2-9H3,(H,28,34)(H,29,32). The zero-order valence-corrected chi connectivity index (χ0v) is 22.3. The molecule has 0 fully saturated rings. The lowest BCUT2D eigenvalue weighted by Gasteiger charge is -2.36. The summed E-state index contributed by atoms with van der Waals surface area (Å²) in [6.07, 6.45) is 5.07. The van der Waals surface area contributed by atoms with E-state index >= 15 is 0 Å². The Kier molecular flexibility index (Phi) is 10.8. The van der Waals surface area contributed by atoms with Gasteiger partial charge in [0.25, 0.3) is 0 Å². The molecule has 0 radical (unpaired) electrons. The number of rotatable bonds is 9. The molecular weight excluding hydrogens is 446 g/mol. The summed E-state index contributed by atoms with van der Waals surface area (Å²) in [6, 6.07) is 4.77. The van der Waals surface area contributed by atoms with Crippen LogP contribution in [0, 0.1) is 18.3 Å². The lowest BCUT2D eigenvalue weighted by atomic mass is 9.97. The van der Waals surface area contributed by atoms with Gasteiger partial charge in [0.05, 0.1) is 6.61 Å². The van der Waals surface area contributed by atoms with E-state index in [-0.39, 0.29) is 19.1 Å². The van der Waals surface area contributed by atoms with Crippen molar-refractivity contribution in [3.63, 3.8) is 0 Å². The van der Waals surface area contributed by atoms with Crippen molar-refractivity contribution in [2.75, 3.05) is 13.2 Å². The Bertz CT molecular complexity index is 905. The monoisotopic (exact) mass is 487 g/mol. The highest BCUT2D eigenvalue weighted by molar-refractivity contribution is 5.92. The van der Waals surface area contributed by atoms with Gasteiger partial charge in [-0.15, -0.1) is 6.42 Å². The maximum absolute atomic E-state index is 13.8. The summed E-state index contributed by atoms with van der Waals surface area (Å²) in [5.41, 5.74) is -0.136. The van der Waals surface area contributed by atoms with Crippen LogP contribution in [0.15, 0.2) is 24.3 Å².